The average Bonchev–Trinajstić information content (AvgIpc) is 2.51. The number of unbranched alkanes of at least 4 members (excludes halogenated alkanes) is 1. The Morgan fingerprint density at radius 2 is 2.27 bits per heavy atom. The lowest BCUT2D eigenvalue weighted by Crippen LogP contribution is -2.26. The molecule has 0 spiro atoms. The standard InChI is InChI=1S/C17H20INO3/c1-3-15(18)7-10-17(9-5-4-6-12-20)11-8-16(19(21)22)13-14(17)2/h8,11,13-15,20H,3-4,6,12H2,1-2H3. The summed E-state index contributed by atoms with van der Waals surface area (Å²) < 4.78 is 0.232. The molecule has 0 bridgehead atoms. The van der Waals surface area contributed by atoms with Crippen LogP contribution >= 0.6 is 22.6 Å². The molecule has 3 atom stereocenters. The molecule has 0 aliphatic heterocycles. The Bertz CT molecular complexity index is 588. The molecule has 1 N–H and O–H groups in total. The van der Waals surface area contributed by atoms with Crippen LogP contribution in [0.4, 0.5) is 0 Å². The molecule has 118 valence electrons. The Labute approximate surface area is 145 Å². The zero-order valence-corrected chi connectivity index (χ0v) is 15.0. The molecule has 0 saturated heterocycles. The summed E-state index contributed by atoms with van der Waals surface area (Å²) in [5.41, 5.74) is -0.600. The van der Waals surface area contributed by atoms with Crippen LogP contribution in [0.3, 0.4) is 0 Å². The highest BCUT2D eigenvalue weighted by Gasteiger charge is 2.34. The van der Waals surface area contributed by atoms with Crippen LogP contribution in [0.15, 0.2) is 23.9 Å². The van der Waals surface area contributed by atoms with Crippen molar-refractivity contribution in [3.63, 3.8) is 0 Å². The quantitative estimate of drug-likeness (QED) is 0.192. The van der Waals surface area contributed by atoms with E-state index < -0.39 is 10.3 Å². The Balaban J connectivity index is 3.12. The predicted octanol–water partition coefficient (Wildman–Crippen LogP) is 3.33. The SMILES string of the molecule is CCC(I)C#CC1(C#CCCCO)C=CC([N+](=O)[O-])=CC1C. The molecule has 1 aliphatic rings. The van der Waals surface area contributed by atoms with Gasteiger partial charge in [0.05, 0.1) is 8.85 Å². The summed E-state index contributed by atoms with van der Waals surface area (Å²) in [5, 5.41) is 19.7. The molecular formula is C17H20INO3. The number of nitrogens with zero attached hydrogens (tertiary/aromatic N) is 1. The number of nitro groups is 1. The van der Waals surface area contributed by atoms with Gasteiger partial charge in [-0.2, -0.15) is 0 Å². The molecule has 0 radical (unpaired) electrons. The van der Waals surface area contributed by atoms with E-state index in [1.807, 2.05) is 6.92 Å². The first kappa shape index (κ1) is 18.7. The van der Waals surface area contributed by atoms with Crippen molar-refractivity contribution in [3.05, 3.63) is 34.0 Å². The van der Waals surface area contributed by atoms with Gasteiger partial charge in [-0.3, -0.25) is 10.1 Å². The monoisotopic (exact) mass is 413 g/mol. The summed E-state index contributed by atoms with van der Waals surface area (Å²) in [6.07, 6.45) is 7.00. The first-order valence-corrected chi connectivity index (χ1v) is 8.53. The van der Waals surface area contributed by atoms with E-state index in [-0.39, 0.29) is 22.1 Å². The van der Waals surface area contributed by atoms with Crippen molar-refractivity contribution in [2.75, 3.05) is 6.61 Å². The minimum Gasteiger partial charge on any atom is -0.396 e. The second-order valence-electron chi connectivity index (χ2n) is 5.11. The normalized spacial score (nSPS) is 24.4. The molecule has 3 unspecified atom stereocenters. The van der Waals surface area contributed by atoms with Gasteiger partial charge >= 0.3 is 0 Å². The van der Waals surface area contributed by atoms with Crippen LogP contribution in [0.5, 0.6) is 0 Å². The lowest BCUT2D eigenvalue weighted by Gasteiger charge is -2.26. The maximum atomic E-state index is 10.9. The molecule has 0 aromatic rings. The van der Waals surface area contributed by atoms with E-state index in [1.165, 1.54) is 6.08 Å². The number of hydrogen-bond acceptors (Lipinski definition) is 3. The summed E-state index contributed by atoms with van der Waals surface area (Å²) >= 11 is 2.28. The lowest BCUT2D eigenvalue weighted by atomic mass is 9.74. The van der Waals surface area contributed by atoms with Gasteiger partial charge in [0.25, 0.3) is 5.70 Å². The Morgan fingerprint density at radius 3 is 2.82 bits per heavy atom. The lowest BCUT2D eigenvalue weighted by molar-refractivity contribution is -0.419. The molecule has 1 rings (SSSR count). The molecule has 0 aromatic heterocycles. The van der Waals surface area contributed by atoms with Gasteiger partial charge in [0.15, 0.2) is 0 Å². The fourth-order valence-electron chi connectivity index (χ4n) is 1.95. The van der Waals surface area contributed by atoms with Crippen LogP contribution in [0.2, 0.25) is 0 Å². The van der Waals surface area contributed by atoms with E-state index in [1.54, 1.807) is 12.2 Å². The van der Waals surface area contributed by atoms with E-state index in [0.717, 1.165) is 6.42 Å². The van der Waals surface area contributed by atoms with E-state index in [4.69, 9.17) is 5.11 Å². The molecule has 0 fully saturated rings. The van der Waals surface area contributed by atoms with Crippen molar-refractivity contribution in [2.45, 2.75) is 37.0 Å². The summed E-state index contributed by atoms with van der Waals surface area (Å²) in [6, 6.07) is 0. The molecule has 5 heteroatoms. The number of rotatable bonds is 4. The van der Waals surface area contributed by atoms with Crippen molar-refractivity contribution in [1.82, 2.24) is 0 Å². The summed E-state index contributed by atoms with van der Waals surface area (Å²) in [6.45, 7) is 4.07. The van der Waals surface area contributed by atoms with Crippen molar-refractivity contribution in [2.24, 2.45) is 11.3 Å². The topological polar surface area (TPSA) is 63.4 Å². The number of allylic oxidation sites excluding steroid dienone is 3. The van der Waals surface area contributed by atoms with Gasteiger partial charge in [-0.05, 0) is 25.0 Å². The fourth-order valence-corrected chi connectivity index (χ4v) is 2.11. The fraction of sp³-hybridized carbons (Fsp3) is 0.529. The smallest absolute Gasteiger partial charge is 0.265 e. The van der Waals surface area contributed by atoms with E-state index >= 15 is 0 Å². The molecule has 0 aromatic carbocycles. The number of alkyl halides is 1. The molecule has 0 amide bonds. The van der Waals surface area contributed by atoms with Crippen molar-refractivity contribution < 1.29 is 10.0 Å². The number of aliphatic hydroxyl groups is 1. The molecule has 0 heterocycles. The van der Waals surface area contributed by atoms with Gasteiger partial charge in [0.2, 0.25) is 0 Å². The third-order valence-corrected chi connectivity index (χ3v) is 4.61. The highest BCUT2D eigenvalue weighted by atomic mass is 127. The van der Waals surface area contributed by atoms with E-state index in [2.05, 4.69) is 53.2 Å². The average molecular weight is 413 g/mol. The minimum absolute atomic E-state index is 0.0867. The third kappa shape index (κ3) is 5.15. The maximum absolute atomic E-state index is 10.9. The van der Waals surface area contributed by atoms with Crippen molar-refractivity contribution in [3.8, 4) is 23.7 Å². The number of halogens is 1. The highest BCUT2D eigenvalue weighted by molar-refractivity contribution is 14.1. The van der Waals surface area contributed by atoms with Gasteiger partial charge in [0.1, 0.15) is 5.41 Å². The van der Waals surface area contributed by atoms with Crippen molar-refractivity contribution >= 4 is 22.6 Å². The second kappa shape index (κ2) is 8.97. The molecule has 0 saturated carbocycles. The Morgan fingerprint density at radius 1 is 1.55 bits per heavy atom. The molecule has 4 nitrogen and oxygen atoms in total. The zero-order chi connectivity index (χ0) is 16.6. The minimum atomic E-state index is -0.687. The molecule has 1 aliphatic carbocycles. The van der Waals surface area contributed by atoms with Gasteiger partial charge in [-0.1, -0.05) is 54.2 Å². The van der Waals surface area contributed by atoms with Crippen LogP contribution in [0, 0.1) is 45.1 Å². The first-order chi connectivity index (χ1) is 10.4. The molecular weight excluding hydrogens is 393 g/mol. The number of hydrogen-bond donors (Lipinski definition) is 1. The summed E-state index contributed by atoms with van der Waals surface area (Å²) in [4.78, 5) is 10.5. The largest absolute Gasteiger partial charge is 0.396 e. The van der Waals surface area contributed by atoms with Crippen LogP contribution in [0.1, 0.15) is 33.1 Å². The van der Waals surface area contributed by atoms with Crippen LogP contribution in [-0.4, -0.2) is 20.6 Å². The Hall–Kier alpha value is -1.31. The predicted molar refractivity (Wildman–Crippen MR) is 95.8 cm³/mol. The highest BCUT2D eigenvalue weighted by Crippen LogP contribution is 2.34. The Kier molecular flexibility index (Phi) is 7.64. The van der Waals surface area contributed by atoms with Gasteiger partial charge in [0, 0.05) is 25.0 Å². The van der Waals surface area contributed by atoms with Crippen LogP contribution in [-0.2, 0) is 0 Å². The van der Waals surface area contributed by atoms with Crippen molar-refractivity contribution in [1.29, 1.82) is 0 Å². The maximum Gasteiger partial charge on any atom is 0.265 e. The zero-order valence-electron chi connectivity index (χ0n) is 12.8. The molecule has 22 heavy (non-hydrogen) atoms. The second-order valence-corrected chi connectivity index (χ2v) is 6.62. The van der Waals surface area contributed by atoms with Crippen LogP contribution < -0.4 is 0 Å². The van der Waals surface area contributed by atoms with E-state index in [0.29, 0.717) is 12.8 Å². The number of aliphatic hydroxyl groups excluding tert-OH is 1. The summed E-state index contributed by atoms with van der Waals surface area (Å²) in [5.74, 6) is 12.5. The first-order valence-electron chi connectivity index (χ1n) is 7.28. The van der Waals surface area contributed by atoms with Crippen LogP contribution in [0.25, 0.3) is 0 Å². The summed E-state index contributed by atoms with van der Waals surface area (Å²) in [7, 11) is 0. The van der Waals surface area contributed by atoms with E-state index in [9.17, 15) is 10.1 Å². The van der Waals surface area contributed by atoms with Gasteiger partial charge in [-0.25, -0.2) is 0 Å². The third-order valence-electron chi connectivity index (χ3n) is 3.42. The van der Waals surface area contributed by atoms with Gasteiger partial charge in [-0.15, -0.1) is 5.92 Å². The van der Waals surface area contributed by atoms with Gasteiger partial charge < -0.3 is 5.11 Å².